The fourth-order valence-electron chi connectivity index (χ4n) is 1.87. The Morgan fingerprint density at radius 1 is 1.29 bits per heavy atom. The summed E-state index contributed by atoms with van der Waals surface area (Å²) in [5, 5.41) is 3.68. The molecule has 1 aromatic rings. The van der Waals surface area contributed by atoms with E-state index in [1.54, 1.807) is 18.2 Å². The van der Waals surface area contributed by atoms with Gasteiger partial charge in [0.25, 0.3) is 0 Å². The minimum Gasteiger partial charge on any atom is -0.324 e. The van der Waals surface area contributed by atoms with Crippen LogP contribution in [0.5, 0.6) is 0 Å². The number of anilines is 1. The first-order chi connectivity index (χ1) is 8.18. The summed E-state index contributed by atoms with van der Waals surface area (Å²) in [7, 11) is 0. The topological polar surface area (TPSA) is 29.1 Å². The number of carbonyl (C=O) groups excluding carboxylic acids is 1. The van der Waals surface area contributed by atoms with E-state index in [0.717, 1.165) is 19.3 Å². The Morgan fingerprint density at radius 2 is 2.12 bits per heavy atom. The van der Waals surface area contributed by atoms with Crippen molar-refractivity contribution in [1.29, 1.82) is 0 Å². The molecule has 1 aliphatic rings. The molecule has 1 amide bonds. The summed E-state index contributed by atoms with van der Waals surface area (Å²) < 4.78 is 0. The first-order valence-corrected chi connectivity index (χ1v) is 6.34. The molecule has 0 radical (unpaired) electrons. The third kappa shape index (κ3) is 3.02. The fraction of sp³-hybridized carbons (Fsp3) is 0.308. The third-order valence-corrected chi connectivity index (χ3v) is 3.67. The Bertz CT molecular complexity index is 457. The highest BCUT2D eigenvalue weighted by molar-refractivity contribution is 6.43. The summed E-state index contributed by atoms with van der Waals surface area (Å²) in [6.45, 7) is 0. The average molecular weight is 270 g/mol. The molecular formula is C13H13Cl2NO. The maximum absolute atomic E-state index is 12.0. The maximum Gasteiger partial charge on any atom is 0.227 e. The molecule has 0 aliphatic heterocycles. The molecule has 0 heterocycles. The van der Waals surface area contributed by atoms with Gasteiger partial charge in [-0.2, -0.15) is 0 Å². The number of allylic oxidation sites excluding steroid dienone is 2. The van der Waals surface area contributed by atoms with Gasteiger partial charge >= 0.3 is 0 Å². The van der Waals surface area contributed by atoms with Gasteiger partial charge in [0, 0.05) is 5.92 Å². The Balaban J connectivity index is 2.07. The summed E-state index contributed by atoms with van der Waals surface area (Å²) in [4.78, 5) is 12.0. The van der Waals surface area contributed by atoms with E-state index in [1.807, 2.05) is 6.08 Å². The lowest BCUT2D eigenvalue weighted by Crippen LogP contribution is -2.23. The van der Waals surface area contributed by atoms with E-state index in [1.165, 1.54) is 0 Å². The molecule has 1 atom stereocenters. The molecule has 0 aromatic heterocycles. The minimum atomic E-state index is 0.0125. The van der Waals surface area contributed by atoms with E-state index in [-0.39, 0.29) is 11.8 Å². The van der Waals surface area contributed by atoms with Crippen LogP contribution in [-0.2, 0) is 4.79 Å². The van der Waals surface area contributed by atoms with Gasteiger partial charge in [0.15, 0.2) is 0 Å². The van der Waals surface area contributed by atoms with Crippen molar-refractivity contribution in [3.8, 4) is 0 Å². The molecule has 0 unspecified atom stereocenters. The lowest BCUT2D eigenvalue weighted by atomic mass is 9.93. The number of rotatable bonds is 2. The molecule has 17 heavy (non-hydrogen) atoms. The number of benzene rings is 1. The minimum absolute atomic E-state index is 0.0125. The molecule has 90 valence electrons. The molecule has 1 aliphatic carbocycles. The van der Waals surface area contributed by atoms with Gasteiger partial charge in [-0.3, -0.25) is 4.79 Å². The largest absolute Gasteiger partial charge is 0.324 e. The quantitative estimate of drug-likeness (QED) is 0.798. The number of halogens is 2. The van der Waals surface area contributed by atoms with Gasteiger partial charge in [0.05, 0.1) is 15.7 Å². The zero-order valence-corrected chi connectivity index (χ0v) is 10.8. The molecule has 4 heteroatoms. The van der Waals surface area contributed by atoms with Crippen LogP contribution in [0.25, 0.3) is 0 Å². The van der Waals surface area contributed by atoms with Crippen LogP contribution in [0.3, 0.4) is 0 Å². The highest BCUT2D eigenvalue weighted by Gasteiger charge is 2.19. The zero-order valence-electron chi connectivity index (χ0n) is 9.25. The Labute approximate surface area is 111 Å². The predicted molar refractivity (Wildman–Crippen MR) is 71.6 cm³/mol. The lowest BCUT2D eigenvalue weighted by Gasteiger charge is -2.17. The van der Waals surface area contributed by atoms with E-state index in [0.29, 0.717) is 15.7 Å². The second-order valence-corrected chi connectivity index (χ2v) is 4.86. The summed E-state index contributed by atoms with van der Waals surface area (Å²) in [5.41, 5.74) is 0.582. The van der Waals surface area contributed by atoms with Crippen LogP contribution in [0.4, 0.5) is 5.69 Å². The third-order valence-electron chi connectivity index (χ3n) is 2.85. The molecule has 0 fully saturated rings. The smallest absolute Gasteiger partial charge is 0.227 e. The van der Waals surface area contributed by atoms with Crippen LogP contribution in [0.2, 0.25) is 10.0 Å². The van der Waals surface area contributed by atoms with Gasteiger partial charge in [-0.05, 0) is 31.4 Å². The van der Waals surface area contributed by atoms with E-state index >= 15 is 0 Å². The van der Waals surface area contributed by atoms with Gasteiger partial charge in [-0.25, -0.2) is 0 Å². The molecule has 0 saturated heterocycles. The normalized spacial score (nSPS) is 19.1. The number of nitrogens with one attached hydrogen (secondary N) is 1. The standard InChI is InChI=1S/C13H13Cl2NO/c14-10-7-4-8-11(12(10)15)16-13(17)9-5-2-1-3-6-9/h1-2,4,7-9H,3,5-6H2,(H,16,17)/t9-/m1/s1. The van der Waals surface area contributed by atoms with Gasteiger partial charge in [-0.15, -0.1) is 0 Å². The van der Waals surface area contributed by atoms with Gasteiger partial charge in [0.1, 0.15) is 0 Å². The summed E-state index contributed by atoms with van der Waals surface area (Å²) in [5.74, 6) is 0.0496. The van der Waals surface area contributed by atoms with Crippen molar-refractivity contribution >= 4 is 34.8 Å². The molecule has 0 bridgehead atoms. The van der Waals surface area contributed by atoms with E-state index in [2.05, 4.69) is 11.4 Å². The summed E-state index contributed by atoms with van der Waals surface area (Å²) >= 11 is 11.9. The summed E-state index contributed by atoms with van der Waals surface area (Å²) in [6.07, 6.45) is 6.80. The second kappa shape index (κ2) is 5.56. The fourth-order valence-corrected chi connectivity index (χ4v) is 2.21. The number of hydrogen-bond donors (Lipinski definition) is 1. The van der Waals surface area contributed by atoms with E-state index < -0.39 is 0 Å². The maximum atomic E-state index is 12.0. The molecule has 0 spiro atoms. The monoisotopic (exact) mass is 269 g/mol. The molecule has 2 nitrogen and oxygen atoms in total. The molecular weight excluding hydrogens is 257 g/mol. The van der Waals surface area contributed by atoms with Crippen LogP contribution >= 0.6 is 23.2 Å². The van der Waals surface area contributed by atoms with Crippen LogP contribution in [-0.4, -0.2) is 5.91 Å². The molecule has 2 rings (SSSR count). The van der Waals surface area contributed by atoms with Gasteiger partial charge in [-0.1, -0.05) is 41.4 Å². The van der Waals surface area contributed by atoms with E-state index in [4.69, 9.17) is 23.2 Å². The van der Waals surface area contributed by atoms with Crippen molar-refractivity contribution < 1.29 is 4.79 Å². The molecule has 0 saturated carbocycles. The van der Waals surface area contributed by atoms with Gasteiger partial charge in [0.2, 0.25) is 5.91 Å². The lowest BCUT2D eigenvalue weighted by molar-refractivity contribution is -0.120. The first-order valence-electron chi connectivity index (χ1n) is 5.58. The zero-order chi connectivity index (χ0) is 12.3. The Kier molecular flexibility index (Phi) is 4.08. The van der Waals surface area contributed by atoms with Crippen molar-refractivity contribution in [2.45, 2.75) is 19.3 Å². The van der Waals surface area contributed by atoms with Crippen LogP contribution in [0.1, 0.15) is 19.3 Å². The van der Waals surface area contributed by atoms with Crippen molar-refractivity contribution in [3.63, 3.8) is 0 Å². The summed E-state index contributed by atoms with van der Waals surface area (Å²) in [6, 6.07) is 5.22. The number of amides is 1. The predicted octanol–water partition coefficient (Wildman–Crippen LogP) is 4.29. The molecule has 1 N–H and O–H groups in total. The van der Waals surface area contributed by atoms with Crippen LogP contribution in [0.15, 0.2) is 30.4 Å². The average Bonchev–Trinajstić information content (AvgIpc) is 2.36. The Morgan fingerprint density at radius 3 is 2.82 bits per heavy atom. The van der Waals surface area contributed by atoms with Crippen molar-refractivity contribution in [3.05, 3.63) is 40.4 Å². The Hall–Kier alpha value is -0.990. The van der Waals surface area contributed by atoms with Gasteiger partial charge < -0.3 is 5.32 Å². The van der Waals surface area contributed by atoms with Crippen LogP contribution in [0, 0.1) is 5.92 Å². The van der Waals surface area contributed by atoms with Crippen molar-refractivity contribution in [2.24, 2.45) is 5.92 Å². The highest BCUT2D eigenvalue weighted by atomic mass is 35.5. The number of hydrogen-bond acceptors (Lipinski definition) is 1. The molecule has 1 aromatic carbocycles. The van der Waals surface area contributed by atoms with E-state index in [9.17, 15) is 4.79 Å². The second-order valence-electron chi connectivity index (χ2n) is 4.07. The first kappa shape index (κ1) is 12.5. The highest BCUT2D eigenvalue weighted by Crippen LogP contribution is 2.30. The van der Waals surface area contributed by atoms with Crippen LogP contribution < -0.4 is 5.32 Å². The number of carbonyl (C=O) groups is 1. The van der Waals surface area contributed by atoms with Crippen molar-refractivity contribution in [1.82, 2.24) is 0 Å². The SMILES string of the molecule is O=C(Nc1cccc(Cl)c1Cl)[C@@H]1CC=CCC1. The van der Waals surface area contributed by atoms with Crippen molar-refractivity contribution in [2.75, 3.05) is 5.32 Å².